The molecule has 2 aromatic rings. The van der Waals surface area contributed by atoms with Crippen molar-refractivity contribution >= 4 is 35.0 Å². The van der Waals surface area contributed by atoms with Crippen molar-refractivity contribution in [1.82, 2.24) is 10.2 Å². The first-order valence-electron chi connectivity index (χ1n) is 14.4. The molecule has 5 aliphatic rings. The first kappa shape index (κ1) is 26.3. The summed E-state index contributed by atoms with van der Waals surface area (Å²) in [5, 5.41) is 6.60. The summed E-state index contributed by atoms with van der Waals surface area (Å²) in [6, 6.07) is 13.3. The first-order valence-corrected chi connectivity index (χ1v) is 14.7. The number of nitrogens with zero attached hydrogens (tertiary/aromatic N) is 1. The minimum Gasteiger partial charge on any atom is -0.486 e. The fourth-order valence-electron chi connectivity index (χ4n) is 7.16. The number of carbonyl (C=O) groups is 3. The third-order valence-electron chi connectivity index (χ3n) is 8.94. The van der Waals surface area contributed by atoms with Gasteiger partial charge in [-0.05, 0) is 43.2 Å². The van der Waals surface area contributed by atoms with E-state index >= 15 is 0 Å². The van der Waals surface area contributed by atoms with Gasteiger partial charge in [0, 0.05) is 16.8 Å². The predicted octanol–water partition coefficient (Wildman–Crippen LogP) is 3.72. The number of ether oxygens (including phenoxy) is 3. The molecule has 1 saturated carbocycles. The van der Waals surface area contributed by atoms with Crippen LogP contribution >= 0.6 is 11.6 Å². The molecule has 41 heavy (non-hydrogen) atoms. The molecule has 4 heterocycles. The Hall–Kier alpha value is -3.56. The van der Waals surface area contributed by atoms with E-state index in [1.165, 1.54) is 0 Å². The van der Waals surface area contributed by atoms with Crippen molar-refractivity contribution in [2.24, 2.45) is 11.8 Å². The summed E-state index contributed by atoms with van der Waals surface area (Å²) in [4.78, 5) is 43.5. The van der Waals surface area contributed by atoms with Gasteiger partial charge in [-0.15, -0.1) is 0 Å². The van der Waals surface area contributed by atoms with Gasteiger partial charge in [-0.3, -0.25) is 14.4 Å². The normalized spacial score (nSPS) is 31.7. The molecule has 214 valence electrons. The highest BCUT2D eigenvalue weighted by Crippen LogP contribution is 2.55. The molecular weight excluding hydrogens is 546 g/mol. The highest BCUT2D eigenvalue weighted by Gasteiger charge is 2.73. The summed E-state index contributed by atoms with van der Waals surface area (Å²) in [6.07, 6.45) is 7.61. The molecule has 2 saturated heterocycles. The lowest BCUT2D eigenvalue weighted by Crippen LogP contribution is -2.58. The molecule has 6 atom stereocenters. The number of amides is 3. The van der Waals surface area contributed by atoms with Gasteiger partial charge in [-0.1, -0.05) is 61.2 Å². The Morgan fingerprint density at radius 3 is 2.63 bits per heavy atom. The maximum absolute atomic E-state index is 14.3. The summed E-state index contributed by atoms with van der Waals surface area (Å²) < 4.78 is 18.5. The van der Waals surface area contributed by atoms with Crippen molar-refractivity contribution in [2.75, 3.05) is 18.5 Å². The number of hydrogen-bond donors (Lipinski definition) is 2. The van der Waals surface area contributed by atoms with Crippen LogP contribution in [0, 0.1) is 11.8 Å². The third-order valence-corrected chi connectivity index (χ3v) is 9.17. The number of likely N-dealkylation sites (tertiary alicyclic amines) is 1. The smallest absolute Gasteiger partial charge is 0.246 e. The molecule has 2 N–H and O–H groups in total. The Morgan fingerprint density at radius 2 is 1.83 bits per heavy atom. The van der Waals surface area contributed by atoms with Crippen molar-refractivity contribution < 1.29 is 28.6 Å². The average Bonchev–Trinajstić information content (AvgIpc) is 3.61. The van der Waals surface area contributed by atoms with Crippen molar-refractivity contribution in [2.45, 2.75) is 62.0 Å². The lowest BCUT2D eigenvalue weighted by Gasteiger charge is -2.36. The van der Waals surface area contributed by atoms with Gasteiger partial charge in [-0.2, -0.15) is 0 Å². The Balaban J connectivity index is 1.19. The fourth-order valence-corrected chi connectivity index (χ4v) is 7.35. The van der Waals surface area contributed by atoms with Gasteiger partial charge in [-0.25, -0.2) is 0 Å². The van der Waals surface area contributed by atoms with Crippen LogP contribution in [0.3, 0.4) is 0 Å². The number of nitrogens with one attached hydrogen (secondary N) is 2. The summed E-state index contributed by atoms with van der Waals surface area (Å²) in [6.45, 7) is 0.353. The van der Waals surface area contributed by atoms with E-state index in [2.05, 4.69) is 10.6 Å². The van der Waals surface area contributed by atoms with Crippen molar-refractivity contribution in [3.05, 3.63) is 65.7 Å². The van der Waals surface area contributed by atoms with E-state index in [0.29, 0.717) is 22.2 Å². The van der Waals surface area contributed by atoms with E-state index in [0.717, 1.165) is 32.1 Å². The quantitative estimate of drug-likeness (QED) is 0.507. The van der Waals surface area contributed by atoms with E-state index in [4.69, 9.17) is 25.8 Å². The highest BCUT2D eigenvalue weighted by molar-refractivity contribution is 6.30. The maximum Gasteiger partial charge on any atom is 0.246 e. The van der Waals surface area contributed by atoms with Crippen LogP contribution in [0.25, 0.3) is 0 Å². The van der Waals surface area contributed by atoms with Gasteiger partial charge < -0.3 is 29.7 Å². The number of fused-ring (bicyclic) bond motifs is 2. The number of anilines is 1. The molecule has 3 amide bonds. The molecule has 2 bridgehead atoms. The molecule has 0 unspecified atom stereocenters. The van der Waals surface area contributed by atoms with E-state index in [-0.39, 0.29) is 36.9 Å². The van der Waals surface area contributed by atoms with E-state index in [9.17, 15) is 14.4 Å². The van der Waals surface area contributed by atoms with Gasteiger partial charge in [0.25, 0.3) is 0 Å². The van der Waals surface area contributed by atoms with Crippen LogP contribution in [0.2, 0.25) is 5.02 Å². The fraction of sp³-hybridized carbons (Fsp3) is 0.452. The number of rotatable bonds is 6. The number of benzene rings is 2. The molecule has 4 aliphatic heterocycles. The second kappa shape index (κ2) is 10.4. The molecule has 2 aromatic carbocycles. The van der Waals surface area contributed by atoms with Crippen LogP contribution in [0.4, 0.5) is 5.69 Å². The van der Waals surface area contributed by atoms with Crippen molar-refractivity contribution in [1.29, 1.82) is 0 Å². The minimum absolute atomic E-state index is 0.0503. The Bertz CT molecular complexity index is 1410. The molecule has 1 aliphatic carbocycles. The van der Waals surface area contributed by atoms with Gasteiger partial charge in [0.1, 0.15) is 18.2 Å². The number of hydrogen-bond acceptors (Lipinski definition) is 6. The lowest BCUT2D eigenvalue weighted by atomic mass is 9.74. The van der Waals surface area contributed by atoms with Crippen LogP contribution in [0.1, 0.15) is 32.1 Å². The van der Waals surface area contributed by atoms with Gasteiger partial charge in [0.15, 0.2) is 17.6 Å². The number of halogens is 1. The molecule has 7 rings (SSSR count). The van der Waals surface area contributed by atoms with Crippen LogP contribution in [-0.4, -0.2) is 65.7 Å². The summed E-state index contributed by atoms with van der Waals surface area (Å²) >= 11 is 6.13. The number of carbonyl (C=O) groups excluding carboxylic acids is 3. The van der Waals surface area contributed by atoms with Gasteiger partial charge in [0.2, 0.25) is 17.7 Å². The molecular formula is C31H32ClN3O6. The van der Waals surface area contributed by atoms with Crippen LogP contribution in [0.15, 0.2) is 60.7 Å². The summed E-state index contributed by atoms with van der Waals surface area (Å²) in [5.74, 6) is -1.32. The largest absolute Gasteiger partial charge is 0.486 e. The predicted molar refractivity (Wildman–Crippen MR) is 151 cm³/mol. The third kappa shape index (κ3) is 4.55. The molecule has 9 nitrogen and oxygen atoms in total. The Kier molecular flexibility index (Phi) is 6.66. The second-order valence-corrected chi connectivity index (χ2v) is 12.0. The molecule has 0 radical (unpaired) electrons. The van der Waals surface area contributed by atoms with Crippen LogP contribution in [0.5, 0.6) is 11.5 Å². The molecule has 0 aromatic heterocycles. The number of para-hydroxylation sites is 2. The monoisotopic (exact) mass is 577 g/mol. The molecule has 1 spiro atoms. The van der Waals surface area contributed by atoms with Crippen LogP contribution < -0.4 is 20.1 Å². The SMILES string of the molecule is O=C(Nc1cccc(Cl)c1)[C@H]1[C@H]2C=C[C@@]3(O2)[C@H]1C(=O)N(C[C@H]1COc2ccccc2O1)[C@@H]3C(=O)NC1CCCCC1. The van der Waals surface area contributed by atoms with Crippen molar-refractivity contribution in [3.63, 3.8) is 0 Å². The summed E-state index contributed by atoms with van der Waals surface area (Å²) in [7, 11) is 0. The van der Waals surface area contributed by atoms with E-state index in [1.807, 2.05) is 36.4 Å². The highest BCUT2D eigenvalue weighted by atomic mass is 35.5. The standard InChI is InChI=1S/C31H32ClN3O6/c32-18-7-6-10-20(15-18)34-28(36)25-24-13-14-31(41-24)26(25)30(38)35(27(31)29(37)33-19-8-2-1-3-9-19)16-21-17-39-22-11-4-5-12-23(22)40-21/h4-7,10-15,19,21,24-27H,1-3,8-9,16-17H2,(H,33,37)(H,34,36)/t21-,24+,25-,26+,27+,31+/m0/s1. The summed E-state index contributed by atoms with van der Waals surface area (Å²) in [5.41, 5.74) is -0.715. The zero-order valence-corrected chi connectivity index (χ0v) is 23.2. The topological polar surface area (TPSA) is 106 Å². The molecule has 10 heteroatoms. The minimum atomic E-state index is -1.25. The van der Waals surface area contributed by atoms with E-state index in [1.54, 1.807) is 29.2 Å². The molecule has 3 fully saturated rings. The van der Waals surface area contributed by atoms with Crippen LogP contribution in [-0.2, 0) is 19.1 Å². The van der Waals surface area contributed by atoms with Crippen molar-refractivity contribution in [3.8, 4) is 11.5 Å². The zero-order chi connectivity index (χ0) is 28.1. The Morgan fingerprint density at radius 1 is 1.02 bits per heavy atom. The average molecular weight is 578 g/mol. The second-order valence-electron chi connectivity index (χ2n) is 11.5. The Labute approximate surface area is 243 Å². The van der Waals surface area contributed by atoms with Gasteiger partial charge >= 0.3 is 0 Å². The first-order chi connectivity index (χ1) is 19.9. The van der Waals surface area contributed by atoms with E-state index < -0.39 is 35.7 Å². The maximum atomic E-state index is 14.3. The zero-order valence-electron chi connectivity index (χ0n) is 22.5. The lowest BCUT2D eigenvalue weighted by molar-refractivity contribution is -0.143. The van der Waals surface area contributed by atoms with Gasteiger partial charge in [0.05, 0.1) is 24.5 Å².